The molecular formula is C12H14ClNS. The van der Waals surface area contributed by atoms with Gasteiger partial charge in [-0.15, -0.1) is 11.8 Å². The van der Waals surface area contributed by atoms with E-state index in [2.05, 4.69) is 19.9 Å². The van der Waals surface area contributed by atoms with Crippen molar-refractivity contribution in [2.24, 2.45) is 5.92 Å². The third-order valence-corrected chi connectivity index (χ3v) is 3.36. The van der Waals surface area contributed by atoms with Crippen molar-refractivity contribution in [3.63, 3.8) is 0 Å². The van der Waals surface area contributed by atoms with Crippen molar-refractivity contribution in [1.82, 2.24) is 0 Å². The molecule has 0 fully saturated rings. The molecule has 0 radical (unpaired) electrons. The van der Waals surface area contributed by atoms with Gasteiger partial charge in [-0.1, -0.05) is 25.4 Å². The molecule has 1 aromatic carbocycles. The lowest BCUT2D eigenvalue weighted by atomic mass is 10.2. The molecule has 0 saturated carbocycles. The van der Waals surface area contributed by atoms with Crippen molar-refractivity contribution in [3.8, 4) is 6.07 Å². The zero-order valence-electron chi connectivity index (χ0n) is 8.96. The molecule has 1 nitrogen and oxygen atoms in total. The molecule has 0 heterocycles. The van der Waals surface area contributed by atoms with E-state index in [1.807, 2.05) is 12.1 Å². The monoisotopic (exact) mass is 239 g/mol. The average molecular weight is 240 g/mol. The Hall–Kier alpha value is -0.650. The number of rotatable bonds is 4. The Labute approximate surface area is 100 Å². The molecule has 80 valence electrons. The lowest BCUT2D eigenvalue weighted by Crippen LogP contribution is -1.90. The van der Waals surface area contributed by atoms with Gasteiger partial charge in [-0.2, -0.15) is 5.26 Å². The number of nitriles is 1. The van der Waals surface area contributed by atoms with Crippen LogP contribution in [-0.4, -0.2) is 5.75 Å². The van der Waals surface area contributed by atoms with Gasteiger partial charge in [-0.3, -0.25) is 0 Å². The summed E-state index contributed by atoms with van der Waals surface area (Å²) in [5.41, 5.74) is 0.677. The van der Waals surface area contributed by atoms with Gasteiger partial charge in [0.25, 0.3) is 0 Å². The minimum absolute atomic E-state index is 0.625. The van der Waals surface area contributed by atoms with Crippen molar-refractivity contribution in [2.75, 3.05) is 5.75 Å². The number of thioether (sulfide) groups is 1. The van der Waals surface area contributed by atoms with Crippen molar-refractivity contribution in [2.45, 2.75) is 25.2 Å². The van der Waals surface area contributed by atoms with Crippen molar-refractivity contribution in [1.29, 1.82) is 5.26 Å². The van der Waals surface area contributed by atoms with Crippen LogP contribution in [-0.2, 0) is 0 Å². The Balaban J connectivity index is 2.65. The Morgan fingerprint density at radius 2 is 2.20 bits per heavy atom. The van der Waals surface area contributed by atoms with E-state index in [1.165, 1.54) is 0 Å². The van der Waals surface area contributed by atoms with Crippen LogP contribution in [0.15, 0.2) is 23.1 Å². The third kappa shape index (κ3) is 4.15. The quantitative estimate of drug-likeness (QED) is 0.730. The topological polar surface area (TPSA) is 23.8 Å². The lowest BCUT2D eigenvalue weighted by Gasteiger charge is -2.06. The van der Waals surface area contributed by atoms with Gasteiger partial charge < -0.3 is 0 Å². The summed E-state index contributed by atoms with van der Waals surface area (Å²) in [6.45, 7) is 4.40. The molecule has 1 aromatic rings. The van der Waals surface area contributed by atoms with E-state index in [1.54, 1.807) is 17.8 Å². The van der Waals surface area contributed by atoms with E-state index in [-0.39, 0.29) is 0 Å². The molecular weight excluding hydrogens is 226 g/mol. The third-order valence-electron chi connectivity index (χ3n) is 2.01. The number of nitrogens with zero attached hydrogens (tertiary/aromatic N) is 1. The predicted octanol–water partition coefficient (Wildman–Crippen LogP) is 4.35. The van der Waals surface area contributed by atoms with Crippen LogP contribution in [0.25, 0.3) is 0 Å². The highest BCUT2D eigenvalue weighted by Crippen LogP contribution is 2.26. The Bertz CT molecular complexity index is 368. The summed E-state index contributed by atoms with van der Waals surface area (Å²) in [5.74, 6) is 1.75. The number of hydrogen-bond acceptors (Lipinski definition) is 2. The standard InChI is InChI=1S/C12H14ClNS/c1-9(2)5-6-15-12-4-3-11(13)7-10(12)8-14/h3-4,7,9H,5-6H2,1-2H3. The molecule has 0 amide bonds. The molecule has 0 N–H and O–H groups in total. The first kappa shape index (κ1) is 12.4. The molecule has 0 aromatic heterocycles. The largest absolute Gasteiger partial charge is 0.192 e. The number of benzene rings is 1. The summed E-state index contributed by atoms with van der Waals surface area (Å²) < 4.78 is 0. The zero-order valence-corrected chi connectivity index (χ0v) is 10.5. The van der Waals surface area contributed by atoms with Gasteiger partial charge in [0, 0.05) is 9.92 Å². The Morgan fingerprint density at radius 3 is 2.80 bits per heavy atom. The molecule has 0 spiro atoms. The first-order valence-electron chi connectivity index (χ1n) is 4.96. The Kier molecular flexibility index (Phi) is 5.01. The van der Waals surface area contributed by atoms with Crippen molar-refractivity contribution >= 4 is 23.4 Å². The summed E-state index contributed by atoms with van der Waals surface area (Å²) in [6, 6.07) is 7.65. The molecule has 15 heavy (non-hydrogen) atoms. The maximum absolute atomic E-state index is 8.93. The van der Waals surface area contributed by atoms with Gasteiger partial charge in [0.1, 0.15) is 6.07 Å². The molecule has 1 rings (SSSR count). The minimum Gasteiger partial charge on any atom is -0.192 e. The second-order valence-corrected chi connectivity index (χ2v) is 5.36. The van der Waals surface area contributed by atoms with Gasteiger partial charge >= 0.3 is 0 Å². The average Bonchev–Trinajstić information content (AvgIpc) is 2.19. The van der Waals surface area contributed by atoms with Gasteiger partial charge in [0.05, 0.1) is 5.56 Å². The second-order valence-electron chi connectivity index (χ2n) is 3.78. The molecule has 3 heteroatoms. The van der Waals surface area contributed by atoms with Crippen LogP contribution in [0.4, 0.5) is 0 Å². The fourth-order valence-electron chi connectivity index (χ4n) is 1.12. The van der Waals surface area contributed by atoms with Crippen LogP contribution in [0.2, 0.25) is 5.02 Å². The van der Waals surface area contributed by atoms with Crippen molar-refractivity contribution < 1.29 is 0 Å². The molecule has 0 aliphatic heterocycles. The maximum atomic E-state index is 8.93. The van der Waals surface area contributed by atoms with E-state index in [4.69, 9.17) is 16.9 Å². The first-order chi connectivity index (χ1) is 7.13. The SMILES string of the molecule is CC(C)CCSc1ccc(Cl)cc1C#N. The van der Waals surface area contributed by atoms with Crippen LogP contribution in [0, 0.1) is 17.2 Å². The molecule has 0 atom stereocenters. The summed E-state index contributed by atoms with van der Waals surface area (Å²) in [4.78, 5) is 1.03. The smallest absolute Gasteiger partial charge is 0.100 e. The highest BCUT2D eigenvalue weighted by Gasteiger charge is 2.03. The predicted molar refractivity (Wildman–Crippen MR) is 66.3 cm³/mol. The molecule has 0 saturated heterocycles. The first-order valence-corrected chi connectivity index (χ1v) is 6.32. The fourth-order valence-corrected chi connectivity index (χ4v) is 2.53. The zero-order chi connectivity index (χ0) is 11.3. The van der Waals surface area contributed by atoms with E-state index in [0.717, 1.165) is 17.1 Å². The highest BCUT2D eigenvalue weighted by molar-refractivity contribution is 7.99. The van der Waals surface area contributed by atoms with Crippen LogP contribution < -0.4 is 0 Å². The second kappa shape index (κ2) is 6.05. The molecule has 0 aliphatic carbocycles. The molecule has 0 bridgehead atoms. The summed E-state index contributed by atoms with van der Waals surface area (Å²) >= 11 is 7.55. The van der Waals surface area contributed by atoms with Crippen molar-refractivity contribution in [3.05, 3.63) is 28.8 Å². The van der Waals surface area contributed by atoms with Crippen LogP contribution >= 0.6 is 23.4 Å². The lowest BCUT2D eigenvalue weighted by molar-refractivity contribution is 0.632. The summed E-state index contributed by atoms with van der Waals surface area (Å²) in [6.07, 6.45) is 1.16. The van der Waals surface area contributed by atoms with Gasteiger partial charge in [0.15, 0.2) is 0 Å². The van der Waals surface area contributed by atoms with Gasteiger partial charge in [-0.05, 0) is 36.3 Å². The molecule has 0 aliphatic rings. The van der Waals surface area contributed by atoms with E-state index in [0.29, 0.717) is 16.5 Å². The van der Waals surface area contributed by atoms with E-state index in [9.17, 15) is 0 Å². The van der Waals surface area contributed by atoms with Gasteiger partial charge in [-0.25, -0.2) is 0 Å². The number of halogens is 1. The van der Waals surface area contributed by atoms with Crippen LogP contribution in [0.1, 0.15) is 25.8 Å². The van der Waals surface area contributed by atoms with Gasteiger partial charge in [0.2, 0.25) is 0 Å². The Morgan fingerprint density at radius 1 is 1.47 bits per heavy atom. The highest BCUT2D eigenvalue weighted by atomic mass is 35.5. The molecule has 0 unspecified atom stereocenters. The van der Waals surface area contributed by atoms with Crippen LogP contribution in [0.5, 0.6) is 0 Å². The summed E-state index contributed by atoms with van der Waals surface area (Å²) in [5, 5.41) is 9.55. The minimum atomic E-state index is 0.625. The van der Waals surface area contributed by atoms with E-state index < -0.39 is 0 Å². The maximum Gasteiger partial charge on any atom is 0.100 e. The van der Waals surface area contributed by atoms with E-state index >= 15 is 0 Å². The van der Waals surface area contributed by atoms with Crippen LogP contribution in [0.3, 0.4) is 0 Å². The number of hydrogen-bond donors (Lipinski definition) is 0. The fraction of sp³-hybridized carbons (Fsp3) is 0.417. The summed E-state index contributed by atoms with van der Waals surface area (Å²) in [7, 11) is 0. The normalized spacial score (nSPS) is 10.3.